The van der Waals surface area contributed by atoms with Gasteiger partial charge in [-0.2, -0.15) is 18.7 Å². The van der Waals surface area contributed by atoms with Crippen LogP contribution in [0.25, 0.3) is 11.2 Å². The van der Waals surface area contributed by atoms with Crippen molar-refractivity contribution in [3.8, 4) is 11.5 Å². The Morgan fingerprint density at radius 2 is 1.67 bits per heavy atom. The van der Waals surface area contributed by atoms with E-state index in [2.05, 4.69) is 25.6 Å². The zero-order chi connectivity index (χ0) is 25.2. The molecule has 0 saturated heterocycles. The summed E-state index contributed by atoms with van der Waals surface area (Å²) in [6, 6.07) is 15.8. The highest BCUT2D eigenvalue weighted by atomic mass is 35.5. The van der Waals surface area contributed by atoms with Crippen molar-refractivity contribution in [3.05, 3.63) is 93.5 Å². The maximum Gasteiger partial charge on any atom is 0.302 e. The molecular weight excluding hydrogens is 492 g/mol. The van der Waals surface area contributed by atoms with E-state index in [0.717, 1.165) is 17.7 Å². The number of aromatic nitrogens is 6. The van der Waals surface area contributed by atoms with Gasteiger partial charge in [0.2, 0.25) is 17.8 Å². The number of anilines is 2. The fourth-order valence-corrected chi connectivity index (χ4v) is 3.74. The molecule has 5 rings (SSSR count). The van der Waals surface area contributed by atoms with Gasteiger partial charge in [0.25, 0.3) is 0 Å². The molecule has 9 nitrogen and oxygen atoms in total. The highest BCUT2D eigenvalue weighted by Crippen LogP contribution is 2.26. The van der Waals surface area contributed by atoms with Crippen molar-refractivity contribution >= 4 is 34.4 Å². The van der Waals surface area contributed by atoms with Gasteiger partial charge < -0.3 is 10.1 Å². The smallest absolute Gasteiger partial charge is 0.302 e. The zero-order valence-corrected chi connectivity index (χ0v) is 19.6. The van der Waals surface area contributed by atoms with Crippen LogP contribution in [0.1, 0.15) is 12.5 Å². The quantitative estimate of drug-likeness (QED) is 0.311. The molecule has 3 heterocycles. The Bertz CT molecular complexity index is 1580. The average Bonchev–Trinajstić information content (AvgIpc) is 3.28. The van der Waals surface area contributed by atoms with E-state index in [1.165, 1.54) is 4.68 Å². The van der Waals surface area contributed by atoms with E-state index >= 15 is 0 Å². The SMILES string of the molecule is CCn1nnc2c1c(=O)nc(Nc1ccc(Oc3cc(F)nc(F)c3)cc1)n2Cc1ccc(Cl)cc1. The topological polar surface area (TPSA) is 99.8 Å². The van der Waals surface area contributed by atoms with Crippen LogP contribution in [0.15, 0.2) is 65.5 Å². The van der Waals surface area contributed by atoms with Gasteiger partial charge in [0.15, 0.2) is 11.2 Å². The Labute approximate surface area is 208 Å². The maximum absolute atomic E-state index is 13.3. The maximum atomic E-state index is 13.3. The molecule has 0 bridgehead atoms. The number of halogens is 3. The Morgan fingerprint density at radius 1 is 0.972 bits per heavy atom. The summed E-state index contributed by atoms with van der Waals surface area (Å²) in [6.45, 7) is 2.68. The number of rotatable bonds is 7. The van der Waals surface area contributed by atoms with Gasteiger partial charge in [0, 0.05) is 29.4 Å². The molecule has 0 aliphatic heterocycles. The van der Waals surface area contributed by atoms with Gasteiger partial charge in [0.05, 0.1) is 6.54 Å². The van der Waals surface area contributed by atoms with Gasteiger partial charge in [-0.15, -0.1) is 5.10 Å². The summed E-state index contributed by atoms with van der Waals surface area (Å²) in [5, 5.41) is 12.1. The second-order valence-electron chi connectivity index (χ2n) is 7.73. The van der Waals surface area contributed by atoms with Crippen molar-refractivity contribution in [2.75, 3.05) is 5.32 Å². The fraction of sp³-hybridized carbons (Fsp3) is 0.125. The summed E-state index contributed by atoms with van der Waals surface area (Å²) >= 11 is 6.02. The molecule has 0 unspecified atom stereocenters. The lowest BCUT2D eigenvalue weighted by Gasteiger charge is -2.15. The minimum absolute atomic E-state index is 0.0244. The van der Waals surface area contributed by atoms with Gasteiger partial charge in [0.1, 0.15) is 11.5 Å². The van der Waals surface area contributed by atoms with E-state index in [0.29, 0.717) is 40.7 Å². The van der Waals surface area contributed by atoms with Crippen molar-refractivity contribution in [1.82, 2.24) is 29.5 Å². The molecule has 2 aromatic carbocycles. The first-order valence-corrected chi connectivity index (χ1v) is 11.2. The molecule has 182 valence electrons. The molecule has 0 saturated carbocycles. The number of benzene rings is 2. The molecule has 0 atom stereocenters. The zero-order valence-electron chi connectivity index (χ0n) is 18.8. The number of pyridine rings is 1. The van der Waals surface area contributed by atoms with E-state index in [1.54, 1.807) is 41.0 Å². The first kappa shape index (κ1) is 23.4. The number of hydrogen-bond donors (Lipinski definition) is 1. The van der Waals surface area contributed by atoms with Crippen LogP contribution in [0.4, 0.5) is 20.4 Å². The third kappa shape index (κ3) is 4.86. The van der Waals surface area contributed by atoms with Crippen LogP contribution in [-0.4, -0.2) is 29.5 Å². The molecular formula is C24H18ClF2N7O2. The van der Waals surface area contributed by atoms with Crippen LogP contribution >= 0.6 is 11.6 Å². The molecule has 1 N–H and O–H groups in total. The fourth-order valence-electron chi connectivity index (χ4n) is 3.61. The van der Waals surface area contributed by atoms with Crippen LogP contribution in [0, 0.1) is 11.9 Å². The third-order valence-electron chi connectivity index (χ3n) is 5.27. The van der Waals surface area contributed by atoms with E-state index < -0.39 is 17.5 Å². The highest BCUT2D eigenvalue weighted by Gasteiger charge is 2.17. The molecule has 0 aliphatic rings. The molecule has 12 heteroatoms. The van der Waals surface area contributed by atoms with E-state index in [-0.39, 0.29) is 11.7 Å². The second-order valence-corrected chi connectivity index (χ2v) is 8.17. The number of hydrogen-bond acceptors (Lipinski definition) is 7. The van der Waals surface area contributed by atoms with Crippen molar-refractivity contribution in [2.24, 2.45) is 0 Å². The standard InChI is InChI=1S/C24H18ClF2N7O2/c1-2-34-21-22(31-32-34)33(13-14-3-5-15(25)6-4-14)24(30-23(21)35)28-16-7-9-17(10-8-16)36-18-11-19(26)29-20(27)12-18/h3-12H,2,13H2,1H3,(H,28,30,35). The summed E-state index contributed by atoms with van der Waals surface area (Å²) in [6.07, 6.45) is 0. The van der Waals surface area contributed by atoms with Gasteiger partial charge in [-0.25, -0.2) is 4.68 Å². The molecule has 3 aromatic heterocycles. The molecule has 0 fully saturated rings. The summed E-state index contributed by atoms with van der Waals surface area (Å²) in [4.78, 5) is 20.1. The highest BCUT2D eigenvalue weighted by molar-refractivity contribution is 6.30. The summed E-state index contributed by atoms with van der Waals surface area (Å²) in [7, 11) is 0. The number of aryl methyl sites for hydroxylation is 1. The summed E-state index contributed by atoms with van der Waals surface area (Å²) < 4.78 is 35.4. The van der Waals surface area contributed by atoms with E-state index in [9.17, 15) is 13.6 Å². The predicted molar refractivity (Wildman–Crippen MR) is 130 cm³/mol. The lowest BCUT2D eigenvalue weighted by atomic mass is 10.2. The Hall–Kier alpha value is -4.38. The lowest BCUT2D eigenvalue weighted by Crippen LogP contribution is -2.20. The average molecular weight is 510 g/mol. The Balaban J connectivity index is 1.47. The molecule has 36 heavy (non-hydrogen) atoms. The third-order valence-corrected chi connectivity index (χ3v) is 5.53. The predicted octanol–water partition coefficient (Wildman–Crippen LogP) is 4.92. The summed E-state index contributed by atoms with van der Waals surface area (Å²) in [5.74, 6) is -1.38. The van der Waals surface area contributed by atoms with Crippen LogP contribution in [0.5, 0.6) is 11.5 Å². The molecule has 0 aliphatic carbocycles. The first-order chi connectivity index (χ1) is 17.4. The minimum atomic E-state index is -0.983. The van der Waals surface area contributed by atoms with Crippen molar-refractivity contribution in [1.29, 1.82) is 0 Å². The van der Waals surface area contributed by atoms with Crippen LogP contribution < -0.4 is 15.6 Å². The van der Waals surface area contributed by atoms with Gasteiger partial charge in [-0.3, -0.25) is 9.36 Å². The number of nitrogens with one attached hydrogen (secondary N) is 1. The van der Waals surface area contributed by atoms with Gasteiger partial charge in [-0.05, 0) is 48.9 Å². The number of fused-ring (bicyclic) bond motifs is 1. The monoisotopic (exact) mass is 509 g/mol. The lowest BCUT2D eigenvalue weighted by molar-refractivity contribution is 0.451. The van der Waals surface area contributed by atoms with Gasteiger partial charge >= 0.3 is 5.56 Å². The first-order valence-electron chi connectivity index (χ1n) is 10.9. The molecule has 0 amide bonds. The van der Waals surface area contributed by atoms with Crippen LogP contribution in [0.3, 0.4) is 0 Å². The van der Waals surface area contributed by atoms with Gasteiger partial charge in [-0.1, -0.05) is 28.9 Å². The largest absolute Gasteiger partial charge is 0.457 e. The van der Waals surface area contributed by atoms with Crippen molar-refractivity contribution in [2.45, 2.75) is 20.0 Å². The number of ether oxygens (including phenoxy) is 1. The van der Waals surface area contributed by atoms with Crippen LogP contribution in [0.2, 0.25) is 5.02 Å². The Kier molecular flexibility index (Phi) is 6.30. The number of nitrogens with zero attached hydrogens (tertiary/aromatic N) is 6. The van der Waals surface area contributed by atoms with Crippen molar-refractivity contribution < 1.29 is 13.5 Å². The summed E-state index contributed by atoms with van der Waals surface area (Å²) in [5.41, 5.74) is 1.73. The van der Waals surface area contributed by atoms with E-state index in [1.807, 2.05) is 19.1 Å². The van der Waals surface area contributed by atoms with Crippen LogP contribution in [-0.2, 0) is 13.1 Å². The normalized spacial score (nSPS) is 11.1. The molecule has 5 aromatic rings. The second kappa shape index (κ2) is 9.70. The minimum Gasteiger partial charge on any atom is -0.457 e. The molecule has 0 spiro atoms. The Morgan fingerprint density at radius 3 is 2.33 bits per heavy atom. The van der Waals surface area contributed by atoms with E-state index in [4.69, 9.17) is 16.3 Å². The molecule has 0 radical (unpaired) electrons. The van der Waals surface area contributed by atoms with Crippen molar-refractivity contribution in [3.63, 3.8) is 0 Å².